The molecular weight excluding hydrogens is 350 g/mol. The van der Waals surface area contributed by atoms with Gasteiger partial charge in [0.1, 0.15) is 5.25 Å². The Bertz CT molecular complexity index is 756. The van der Waals surface area contributed by atoms with E-state index in [1.807, 2.05) is 41.9 Å². The molecule has 1 atom stereocenters. The van der Waals surface area contributed by atoms with E-state index in [1.54, 1.807) is 0 Å². The molecule has 8 heteroatoms. The van der Waals surface area contributed by atoms with Gasteiger partial charge in [0.2, 0.25) is 11.9 Å². The number of hydrogen-bond donors (Lipinski definition) is 1. The molecule has 2 aliphatic rings. The van der Waals surface area contributed by atoms with Crippen molar-refractivity contribution in [2.45, 2.75) is 29.3 Å². The highest BCUT2D eigenvalue weighted by Gasteiger charge is 2.30. The number of nitrogens with one attached hydrogen (secondary N) is 1. The van der Waals surface area contributed by atoms with E-state index >= 15 is 0 Å². The van der Waals surface area contributed by atoms with Crippen molar-refractivity contribution >= 4 is 23.6 Å². The summed E-state index contributed by atoms with van der Waals surface area (Å²) in [4.78, 5) is 15.0. The summed E-state index contributed by atoms with van der Waals surface area (Å²) in [5.74, 6) is 0.866. The zero-order valence-corrected chi connectivity index (χ0v) is 15.6. The zero-order valence-electron chi connectivity index (χ0n) is 14.8. The van der Waals surface area contributed by atoms with Gasteiger partial charge in [-0.2, -0.15) is 0 Å². The first-order chi connectivity index (χ1) is 12.7. The van der Waals surface area contributed by atoms with Crippen LogP contribution in [0.4, 0.5) is 5.95 Å². The second-order valence-corrected chi connectivity index (χ2v) is 7.70. The van der Waals surface area contributed by atoms with Crippen LogP contribution in [-0.4, -0.2) is 53.0 Å². The summed E-state index contributed by atoms with van der Waals surface area (Å²) in [6.45, 7) is 3.01. The number of ether oxygens (including phenoxy) is 1. The van der Waals surface area contributed by atoms with Crippen LogP contribution in [0.2, 0.25) is 0 Å². The molecular formula is C18H23N5O2S. The molecule has 1 amide bonds. The Morgan fingerprint density at radius 3 is 2.65 bits per heavy atom. The minimum atomic E-state index is -0.336. The maximum Gasteiger partial charge on any atom is 0.238 e. The van der Waals surface area contributed by atoms with Gasteiger partial charge in [0.05, 0.1) is 13.2 Å². The lowest BCUT2D eigenvalue weighted by atomic mass is 10.1. The fraction of sp³-hybridized carbons (Fsp3) is 0.500. The third-order valence-electron chi connectivity index (χ3n) is 4.59. The van der Waals surface area contributed by atoms with Gasteiger partial charge in [0, 0.05) is 26.2 Å². The molecule has 0 spiro atoms. The Kier molecular flexibility index (Phi) is 5.12. The van der Waals surface area contributed by atoms with Crippen LogP contribution in [0.5, 0.6) is 0 Å². The highest BCUT2D eigenvalue weighted by molar-refractivity contribution is 8.00. The quantitative estimate of drug-likeness (QED) is 0.778. The van der Waals surface area contributed by atoms with E-state index < -0.39 is 0 Å². The number of hydrogen-bond acceptors (Lipinski definition) is 6. The Morgan fingerprint density at radius 1 is 1.23 bits per heavy atom. The number of morpholine rings is 1. The minimum absolute atomic E-state index is 0.0413. The number of carbonyl (C=O) groups excluding carboxylic acids is 1. The highest BCUT2D eigenvalue weighted by Crippen LogP contribution is 2.36. The maximum atomic E-state index is 12.8. The summed E-state index contributed by atoms with van der Waals surface area (Å²) in [5, 5.41) is 12.2. The average molecular weight is 373 g/mol. The van der Waals surface area contributed by atoms with Gasteiger partial charge in [-0.05, 0) is 18.4 Å². The number of aromatic nitrogens is 3. The first-order valence-corrected chi connectivity index (χ1v) is 9.84. The highest BCUT2D eigenvalue weighted by atomic mass is 32.2. The molecule has 0 bridgehead atoms. The summed E-state index contributed by atoms with van der Waals surface area (Å²) in [6, 6.07) is 10.2. The van der Waals surface area contributed by atoms with Crippen LogP contribution in [0.15, 0.2) is 35.5 Å². The lowest BCUT2D eigenvalue weighted by Gasteiger charge is -2.27. The van der Waals surface area contributed by atoms with Crippen molar-refractivity contribution in [1.82, 2.24) is 20.1 Å². The van der Waals surface area contributed by atoms with Gasteiger partial charge in [-0.15, -0.1) is 10.2 Å². The molecule has 2 aromatic rings. The summed E-state index contributed by atoms with van der Waals surface area (Å²) in [6.07, 6.45) is 2.14. The third kappa shape index (κ3) is 3.86. The lowest BCUT2D eigenvalue weighted by molar-refractivity contribution is -0.120. The van der Waals surface area contributed by atoms with Crippen molar-refractivity contribution in [2.24, 2.45) is 7.05 Å². The fourth-order valence-corrected chi connectivity index (χ4v) is 3.97. The normalized spacial score (nSPS) is 18.6. The topological polar surface area (TPSA) is 72.3 Å². The van der Waals surface area contributed by atoms with Crippen LogP contribution in [0.3, 0.4) is 0 Å². The average Bonchev–Trinajstić information content (AvgIpc) is 3.42. The van der Waals surface area contributed by atoms with Crippen molar-refractivity contribution in [3.63, 3.8) is 0 Å². The summed E-state index contributed by atoms with van der Waals surface area (Å²) in [7, 11) is 1.95. The number of benzene rings is 1. The number of nitrogens with zero attached hydrogens (tertiary/aromatic N) is 4. The minimum Gasteiger partial charge on any atom is -0.378 e. The Hall–Kier alpha value is -2.06. The van der Waals surface area contributed by atoms with E-state index in [2.05, 4.69) is 20.4 Å². The molecule has 1 unspecified atom stereocenters. The number of carbonyl (C=O) groups is 1. The van der Waals surface area contributed by atoms with Gasteiger partial charge in [-0.3, -0.25) is 9.36 Å². The number of anilines is 1. The molecule has 1 saturated heterocycles. The molecule has 1 aliphatic heterocycles. The van der Waals surface area contributed by atoms with E-state index in [1.165, 1.54) is 11.8 Å². The molecule has 26 heavy (non-hydrogen) atoms. The molecule has 0 radical (unpaired) electrons. The van der Waals surface area contributed by atoms with Crippen LogP contribution >= 0.6 is 11.8 Å². The standard InChI is InChI=1S/C18H23N5O2S/c1-22-17(23-9-11-25-12-10-23)20-21-18(22)26-15(13-5-3-2-4-6-13)16(24)19-14-7-8-14/h2-6,14-15H,7-12H2,1H3,(H,19,24). The van der Waals surface area contributed by atoms with Gasteiger partial charge < -0.3 is 15.0 Å². The smallest absolute Gasteiger partial charge is 0.238 e. The molecule has 2 heterocycles. The van der Waals surface area contributed by atoms with Crippen molar-refractivity contribution in [2.75, 3.05) is 31.2 Å². The van der Waals surface area contributed by atoms with E-state index in [0.717, 1.165) is 42.6 Å². The molecule has 7 nitrogen and oxygen atoms in total. The SMILES string of the molecule is Cn1c(SC(C(=O)NC2CC2)c2ccccc2)nnc1N1CCOCC1. The molecule has 4 rings (SSSR count). The predicted octanol–water partition coefficient (Wildman–Crippen LogP) is 1.76. The van der Waals surface area contributed by atoms with Crippen molar-refractivity contribution in [3.05, 3.63) is 35.9 Å². The van der Waals surface area contributed by atoms with Crippen LogP contribution in [0.25, 0.3) is 0 Å². The molecule has 1 aliphatic carbocycles. The number of rotatable bonds is 6. The van der Waals surface area contributed by atoms with E-state index in [0.29, 0.717) is 19.3 Å². The molecule has 1 aromatic heterocycles. The first-order valence-electron chi connectivity index (χ1n) is 8.96. The van der Waals surface area contributed by atoms with Crippen molar-refractivity contribution < 1.29 is 9.53 Å². The lowest BCUT2D eigenvalue weighted by Crippen LogP contribution is -2.37. The second-order valence-electron chi connectivity index (χ2n) is 6.63. The summed E-state index contributed by atoms with van der Waals surface area (Å²) >= 11 is 1.45. The summed E-state index contributed by atoms with van der Waals surface area (Å²) < 4.78 is 7.38. The molecule has 138 valence electrons. The molecule has 1 N–H and O–H groups in total. The Balaban J connectivity index is 1.55. The largest absolute Gasteiger partial charge is 0.378 e. The van der Waals surface area contributed by atoms with Gasteiger partial charge in [-0.1, -0.05) is 42.1 Å². The predicted molar refractivity (Wildman–Crippen MR) is 100 cm³/mol. The Labute approximate surface area is 157 Å². The fourth-order valence-electron chi connectivity index (χ4n) is 2.96. The Morgan fingerprint density at radius 2 is 1.96 bits per heavy atom. The van der Waals surface area contributed by atoms with E-state index in [-0.39, 0.29) is 11.2 Å². The van der Waals surface area contributed by atoms with Gasteiger partial charge in [-0.25, -0.2) is 0 Å². The van der Waals surface area contributed by atoms with Gasteiger partial charge in [0.25, 0.3) is 0 Å². The van der Waals surface area contributed by atoms with Crippen LogP contribution in [-0.2, 0) is 16.6 Å². The van der Waals surface area contributed by atoms with E-state index in [4.69, 9.17) is 4.74 Å². The molecule has 2 fully saturated rings. The van der Waals surface area contributed by atoms with E-state index in [9.17, 15) is 4.79 Å². The van der Waals surface area contributed by atoms with Crippen LogP contribution in [0, 0.1) is 0 Å². The zero-order chi connectivity index (χ0) is 17.9. The molecule has 1 aromatic carbocycles. The van der Waals surface area contributed by atoms with Gasteiger partial charge >= 0.3 is 0 Å². The third-order valence-corrected chi connectivity index (χ3v) is 5.88. The first kappa shape index (κ1) is 17.4. The van der Waals surface area contributed by atoms with Crippen LogP contribution in [0.1, 0.15) is 23.7 Å². The maximum absolute atomic E-state index is 12.8. The molecule has 1 saturated carbocycles. The monoisotopic (exact) mass is 373 g/mol. The number of amides is 1. The summed E-state index contributed by atoms with van der Waals surface area (Å²) in [5.41, 5.74) is 0.978. The second kappa shape index (κ2) is 7.67. The number of thioether (sulfide) groups is 1. The van der Waals surface area contributed by atoms with Crippen molar-refractivity contribution in [3.8, 4) is 0 Å². The van der Waals surface area contributed by atoms with Gasteiger partial charge in [0.15, 0.2) is 5.16 Å². The van der Waals surface area contributed by atoms with Crippen LogP contribution < -0.4 is 10.2 Å². The van der Waals surface area contributed by atoms with Crippen molar-refractivity contribution in [1.29, 1.82) is 0 Å².